The van der Waals surface area contributed by atoms with Gasteiger partial charge in [0.05, 0.1) is 48.2 Å². The zero-order valence-corrected chi connectivity index (χ0v) is 44.9. The van der Waals surface area contributed by atoms with Crippen molar-refractivity contribution in [1.29, 1.82) is 0 Å². The Balaban J connectivity index is 0.000000344. The van der Waals surface area contributed by atoms with Crippen LogP contribution < -0.4 is 18.9 Å². The first-order valence-electron chi connectivity index (χ1n) is 25.3. The van der Waals surface area contributed by atoms with Gasteiger partial charge in [-0.05, 0) is 179 Å². The summed E-state index contributed by atoms with van der Waals surface area (Å²) in [5.74, 6) is 2.64. The second-order valence-corrected chi connectivity index (χ2v) is 23.8. The van der Waals surface area contributed by atoms with E-state index in [4.69, 9.17) is 13.7 Å². The number of hydrogen-bond acceptors (Lipinski definition) is 12. The van der Waals surface area contributed by atoms with E-state index in [2.05, 4.69) is 92.4 Å². The molecule has 0 spiro atoms. The van der Waals surface area contributed by atoms with E-state index in [0.29, 0.717) is 49.4 Å². The maximum atomic E-state index is 11.8. The number of para-hydroxylation sites is 3. The minimum Gasteiger partial charge on any atom is -1.00 e. The van der Waals surface area contributed by atoms with Crippen molar-refractivity contribution in [1.82, 2.24) is 15.0 Å². The van der Waals surface area contributed by atoms with Crippen LogP contribution in [-0.4, -0.2) is 106 Å². The first-order chi connectivity index (χ1) is 34.2. The van der Waals surface area contributed by atoms with Gasteiger partial charge < -0.3 is 16.0 Å². The average Bonchev–Trinajstić information content (AvgIpc) is 3.99. The third-order valence-corrected chi connectivity index (χ3v) is 14.6. The van der Waals surface area contributed by atoms with Gasteiger partial charge in [0.2, 0.25) is 9.05 Å². The zero-order valence-electron chi connectivity index (χ0n) is 43.5. The van der Waals surface area contributed by atoms with E-state index >= 15 is 0 Å². The standard InChI is InChI=1S/C18H21NO2.C17H21NO3S.C16H19NO.C4H8O.CH3ClO2S.CH4.Al.Li.4H/c1-2-21-18(20)14-9-7-13(8-10-14)15-11-12-19-17-6-4-3-5-16(15)17;1-22(19,20)21-12-13-6-8-14(9-7-13)15-10-11-18-17-5-3-2-4-16(15)17;18-11-12-5-7-13(8-6-12)14-9-10-17-16-4-2-1-3-15(14)16;1-2-4-5-3-1;1-5(2,3)4;;;;;;;/h3-6,11-14H,2,7-10H2,1H3;2-5,10-11,13-14H,6-9,12H2,1H3;1-4,9-10,12-13,18H,5-8,11H2;1-4H2;1H3;1H4;;;;;;/q;;;;;;;+1;;;;-1. The van der Waals surface area contributed by atoms with Crippen molar-refractivity contribution >= 4 is 85.9 Å². The monoisotopic (exact) mass is 1080 g/mol. The van der Waals surface area contributed by atoms with E-state index < -0.39 is 19.2 Å². The van der Waals surface area contributed by atoms with E-state index in [1.807, 2.05) is 49.8 Å². The largest absolute Gasteiger partial charge is 1.00 e. The van der Waals surface area contributed by atoms with Gasteiger partial charge in [0.15, 0.2) is 17.4 Å². The summed E-state index contributed by atoms with van der Waals surface area (Å²) in [5.41, 5.74) is 7.39. The molecule has 1 aliphatic heterocycles. The molecule has 17 heteroatoms. The zero-order chi connectivity index (χ0) is 50.6. The van der Waals surface area contributed by atoms with E-state index in [0.717, 1.165) is 106 Å². The summed E-state index contributed by atoms with van der Waals surface area (Å²) in [6.45, 7) is 5.02. The van der Waals surface area contributed by atoms with Crippen LogP contribution in [0.25, 0.3) is 32.7 Å². The maximum absolute atomic E-state index is 11.8. The van der Waals surface area contributed by atoms with Gasteiger partial charge in [0.25, 0.3) is 10.1 Å². The molecule has 1 saturated heterocycles. The van der Waals surface area contributed by atoms with Crippen molar-refractivity contribution < 1.29 is 60.7 Å². The molecule has 3 aliphatic carbocycles. The van der Waals surface area contributed by atoms with Crippen molar-refractivity contribution in [3.8, 4) is 0 Å². The van der Waals surface area contributed by atoms with Gasteiger partial charge >= 0.3 is 24.8 Å². The number of halogens is 1. The third-order valence-electron chi connectivity index (χ3n) is 14.0. The molecule has 6 aromatic rings. The van der Waals surface area contributed by atoms with Crippen LogP contribution in [0.2, 0.25) is 0 Å². The molecule has 3 saturated carbocycles. The van der Waals surface area contributed by atoms with Crippen LogP contribution in [0.4, 0.5) is 0 Å². The molecule has 0 radical (unpaired) electrons. The summed E-state index contributed by atoms with van der Waals surface area (Å²) < 4.78 is 56.0. The summed E-state index contributed by atoms with van der Waals surface area (Å²) in [7, 11) is -2.02. The molecule has 400 valence electrons. The van der Waals surface area contributed by atoms with Gasteiger partial charge in [0, 0.05) is 65.3 Å². The number of carbonyl (C=O) groups excluding carboxylic acids is 1. The molecular formula is C57H80AlClLiN3O9S2. The molecule has 4 heterocycles. The molecule has 74 heavy (non-hydrogen) atoms. The molecule has 4 fully saturated rings. The fourth-order valence-electron chi connectivity index (χ4n) is 10.3. The fourth-order valence-corrected chi connectivity index (χ4v) is 10.8. The van der Waals surface area contributed by atoms with Crippen LogP contribution in [0, 0.1) is 17.8 Å². The Labute approximate surface area is 469 Å². The van der Waals surface area contributed by atoms with E-state index in [1.165, 1.54) is 58.5 Å². The molecule has 0 unspecified atom stereocenters. The van der Waals surface area contributed by atoms with Crippen molar-refractivity contribution in [3.05, 3.63) is 126 Å². The van der Waals surface area contributed by atoms with Crippen LogP contribution >= 0.6 is 10.7 Å². The minimum atomic E-state index is -3.33. The van der Waals surface area contributed by atoms with Crippen LogP contribution in [0.1, 0.15) is 140 Å². The summed E-state index contributed by atoms with van der Waals surface area (Å²) >= 11 is 0. The van der Waals surface area contributed by atoms with Gasteiger partial charge in [-0.25, -0.2) is 8.42 Å². The number of aromatic nitrogens is 3. The van der Waals surface area contributed by atoms with Crippen LogP contribution in [0.15, 0.2) is 110 Å². The first-order valence-corrected chi connectivity index (χ1v) is 29.8. The van der Waals surface area contributed by atoms with Crippen molar-refractivity contribution in [2.75, 3.05) is 45.5 Å². The molecule has 12 nitrogen and oxygen atoms in total. The van der Waals surface area contributed by atoms with Crippen LogP contribution in [0.3, 0.4) is 0 Å². The molecule has 3 aromatic heterocycles. The first kappa shape index (κ1) is 64.8. The Morgan fingerprint density at radius 3 is 1.30 bits per heavy atom. The summed E-state index contributed by atoms with van der Waals surface area (Å²) in [6.07, 6.45) is 23.1. The van der Waals surface area contributed by atoms with Gasteiger partial charge in [-0.15, -0.1) is 0 Å². The number of nitrogens with zero attached hydrogens (tertiary/aromatic N) is 3. The van der Waals surface area contributed by atoms with Gasteiger partial charge in [-0.2, -0.15) is 8.42 Å². The van der Waals surface area contributed by atoms with Crippen LogP contribution in [-0.2, 0) is 37.6 Å². The second kappa shape index (κ2) is 33.0. The number of benzene rings is 3. The quantitative estimate of drug-likeness (QED) is 0.0634. The molecule has 0 atom stereocenters. The molecule has 1 N–H and O–H groups in total. The number of rotatable bonds is 9. The third kappa shape index (κ3) is 21.2. The van der Waals surface area contributed by atoms with Crippen LogP contribution in [0.5, 0.6) is 0 Å². The van der Waals surface area contributed by atoms with Gasteiger partial charge in [-0.1, -0.05) is 62.0 Å². The predicted octanol–water partition coefficient (Wildman–Crippen LogP) is 8.61. The fraction of sp³-hybridized carbons (Fsp3) is 0.509. The number of carbonyl (C=O) groups is 1. The van der Waals surface area contributed by atoms with Gasteiger partial charge in [-0.3, -0.25) is 23.9 Å². The molecule has 0 amide bonds. The Bertz CT molecular complexity index is 2800. The minimum absolute atomic E-state index is 0. The van der Waals surface area contributed by atoms with Crippen molar-refractivity contribution in [3.63, 3.8) is 0 Å². The topological polar surface area (TPSA) is 172 Å². The smallest absolute Gasteiger partial charge is 1.00 e. The number of pyridine rings is 3. The average molecular weight is 1080 g/mol. The Morgan fingerprint density at radius 1 is 0.622 bits per heavy atom. The molecule has 4 aliphatic rings. The number of ether oxygens (including phenoxy) is 2. The van der Waals surface area contributed by atoms with Crippen molar-refractivity contribution in [2.45, 2.75) is 122 Å². The number of aliphatic hydroxyl groups excluding tert-OH is 1. The summed E-state index contributed by atoms with van der Waals surface area (Å²) in [5, 5.41) is 13.0. The number of aliphatic hydroxyl groups is 1. The summed E-state index contributed by atoms with van der Waals surface area (Å²) in [6, 6.07) is 31.4. The molecular weight excluding hydrogens is 1000 g/mol. The summed E-state index contributed by atoms with van der Waals surface area (Å²) in [4.78, 5) is 25.1. The van der Waals surface area contributed by atoms with Gasteiger partial charge in [0.1, 0.15) is 0 Å². The number of fused-ring (bicyclic) bond motifs is 3. The van der Waals surface area contributed by atoms with E-state index in [1.54, 1.807) is 0 Å². The number of hydrogen-bond donors (Lipinski definition) is 1. The second-order valence-electron chi connectivity index (χ2n) is 19.2. The normalized spacial score (nSPS) is 21.4. The molecule has 10 rings (SSSR count). The van der Waals surface area contributed by atoms with Crippen molar-refractivity contribution in [2.24, 2.45) is 17.8 Å². The Hall–Kier alpha value is -3.44. The SMILES string of the molecule is C.C1CCOC1.CCOC(=O)C1CCC(c2ccnc3ccccc23)CC1.CS(=O)(=O)Cl.CS(=O)(=O)OCC1CCC(c2ccnc3ccccc23)CC1.OCC1CCC(c2ccnc3ccccc23)CC1.[AlH3].[H-].[Li+]. The Kier molecular flexibility index (Phi) is 28.9. The molecule has 3 aromatic carbocycles. The Morgan fingerprint density at radius 2 is 0.973 bits per heavy atom. The number of esters is 1. The van der Waals surface area contributed by atoms with E-state index in [9.17, 15) is 26.7 Å². The molecule has 0 bridgehead atoms. The maximum Gasteiger partial charge on any atom is 1.00 e. The predicted molar refractivity (Wildman–Crippen MR) is 302 cm³/mol. The van der Waals surface area contributed by atoms with E-state index in [-0.39, 0.29) is 57.0 Å².